The topological polar surface area (TPSA) is 77.9 Å². The summed E-state index contributed by atoms with van der Waals surface area (Å²) >= 11 is 0. The van der Waals surface area contributed by atoms with Crippen LogP contribution in [-0.4, -0.2) is 59.4 Å². The minimum atomic E-state index is -4.47. The zero-order valence-corrected chi connectivity index (χ0v) is 23.4. The number of fused-ring (bicyclic) bond motifs is 3. The molecule has 1 aliphatic carbocycles. The lowest BCUT2D eigenvalue weighted by Crippen LogP contribution is -2.65. The number of piperidine rings is 2. The second kappa shape index (κ2) is 9.52. The van der Waals surface area contributed by atoms with Gasteiger partial charge in [0.05, 0.1) is 26.0 Å². The first-order valence-electron chi connectivity index (χ1n) is 13.4. The summed E-state index contributed by atoms with van der Waals surface area (Å²) in [5, 5.41) is 7.83. The number of likely N-dealkylation sites (tertiary alicyclic amines) is 1. The SMILES string of the molecule is COc1ccc(C2CC(C(F)(F)F)n3nc(C4C5CN(C(=O)OC(C)(C)C)C(C)[C@H]4[C@H]5C)cc3N2)cc1OC. The highest BCUT2D eigenvalue weighted by Crippen LogP contribution is 2.59. The van der Waals surface area contributed by atoms with Crippen molar-refractivity contribution >= 4 is 11.9 Å². The van der Waals surface area contributed by atoms with E-state index in [2.05, 4.69) is 17.3 Å². The van der Waals surface area contributed by atoms with Crippen LogP contribution >= 0.6 is 0 Å². The maximum Gasteiger partial charge on any atom is 0.410 e. The molecule has 1 aromatic carbocycles. The van der Waals surface area contributed by atoms with Crippen molar-refractivity contribution in [3.05, 3.63) is 35.5 Å². The van der Waals surface area contributed by atoms with Crippen LogP contribution in [-0.2, 0) is 4.74 Å². The van der Waals surface area contributed by atoms with Crippen LogP contribution in [0, 0.1) is 17.8 Å². The molecule has 2 aliphatic heterocycles. The molecule has 7 atom stereocenters. The maximum absolute atomic E-state index is 14.3. The van der Waals surface area contributed by atoms with Gasteiger partial charge in [0, 0.05) is 31.0 Å². The van der Waals surface area contributed by atoms with E-state index in [9.17, 15) is 18.0 Å². The molecule has 5 unspecified atom stereocenters. The predicted octanol–water partition coefficient (Wildman–Crippen LogP) is 6.17. The summed E-state index contributed by atoms with van der Waals surface area (Å²) in [4.78, 5) is 14.6. The molecule has 8 nitrogen and oxygen atoms in total. The van der Waals surface area contributed by atoms with E-state index < -0.39 is 23.9 Å². The van der Waals surface area contributed by atoms with Crippen molar-refractivity contribution in [3.8, 4) is 11.5 Å². The number of aromatic nitrogens is 2. The van der Waals surface area contributed by atoms with Crippen LogP contribution in [0.5, 0.6) is 11.5 Å². The molecule has 5 rings (SSSR count). The van der Waals surface area contributed by atoms with E-state index in [0.29, 0.717) is 41.0 Å². The molecule has 3 heterocycles. The number of ether oxygens (including phenoxy) is 3. The smallest absolute Gasteiger partial charge is 0.410 e. The number of amides is 1. The summed E-state index contributed by atoms with van der Waals surface area (Å²) in [5.74, 6) is 1.79. The van der Waals surface area contributed by atoms with Crippen molar-refractivity contribution in [3.63, 3.8) is 0 Å². The number of nitrogens with one attached hydrogen (secondary N) is 1. The number of benzene rings is 1. The Hall–Kier alpha value is -3.11. The molecule has 0 spiro atoms. The molecular weight excluding hydrogens is 513 g/mol. The molecular formula is C28H37F3N4O4. The molecule has 2 bridgehead atoms. The molecule has 214 valence electrons. The van der Waals surface area contributed by atoms with E-state index in [1.54, 1.807) is 29.2 Å². The highest BCUT2D eigenvalue weighted by Gasteiger charge is 2.59. The van der Waals surface area contributed by atoms with Crippen LogP contribution in [0.1, 0.15) is 70.3 Å². The maximum atomic E-state index is 14.3. The minimum absolute atomic E-state index is 0.0259. The fourth-order valence-corrected chi connectivity index (χ4v) is 6.72. The largest absolute Gasteiger partial charge is 0.493 e. The third kappa shape index (κ3) is 4.78. The quantitative estimate of drug-likeness (QED) is 0.491. The number of hydrogen-bond donors (Lipinski definition) is 1. The fourth-order valence-electron chi connectivity index (χ4n) is 6.72. The number of rotatable bonds is 4. The van der Waals surface area contributed by atoms with E-state index >= 15 is 0 Å². The Balaban J connectivity index is 1.43. The highest BCUT2D eigenvalue weighted by molar-refractivity contribution is 5.69. The molecule has 1 saturated carbocycles. The number of hydrogen-bond acceptors (Lipinski definition) is 6. The number of carbonyl (C=O) groups is 1. The molecule has 2 fully saturated rings. The monoisotopic (exact) mass is 550 g/mol. The van der Waals surface area contributed by atoms with Crippen molar-refractivity contribution < 1.29 is 32.2 Å². The molecule has 0 radical (unpaired) electrons. The van der Waals surface area contributed by atoms with Gasteiger partial charge in [-0.2, -0.15) is 18.3 Å². The number of alkyl halides is 3. The van der Waals surface area contributed by atoms with Gasteiger partial charge in [0.2, 0.25) is 0 Å². The zero-order valence-electron chi connectivity index (χ0n) is 23.4. The van der Waals surface area contributed by atoms with Gasteiger partial charge in [-0.1, -0.05) is 13.0 Å². The molecule has 3 aliphatic rings. The summed E-state index contributed by atoms with van der Waals surface area (Å²) in [6.07, 6.45) is -5.03. The van der Waals surface area contributed by atoms with E-state index in [1.165, 1.54) is 14.2 Å². The van der Waals surface area contributed by atoms with Gasteiger partial charge in [-0.15, -0.1) is 0 Å². The van der Waals surface area contributed by atoms with Gasteiger partial charge in [0.1, 0.15) is 11.4 Å². The number of halogens is 3. The van der Waals surface area contributed by atoms with E-state index in [0.717, 1.165) is 4.68 Å². The minimum Gasteiger partial charge on any atom is -0.493 e. The van der Waals surface area contributed by atoms with Crippen LogP contribution < -0.4 is 14.8 Å². The van der Waals surface area contributed by atoms with Crippen molar-refractivity contribution in [1.29, 1.82) is 0 Å². The van der Waals surface area contributed by atoms with E-state index in [4.69, 9.17) is 14.2 Å². The average molecular weight is 551 g/mol. The Labute approximate surface area is 226 Å². The van der Waals surface area contributed by atoms with Crippen LogP contribution in [0.4, 0.5) is 23.8 Å². The predicted molar refractivity (Wildman–Crippen MR) is 139 cm³/mol. The normalized spacial score (nSPS) is 30.1. The van der Waals surface area contributed by atoms with Crippen LogP contribution in [0.3, 0.4) is 0 Å². The third-order valence-electron chi connectivity index (χ3n) is 8.60. The lowest BCUT2D eigenvalue weighted by Gasteiger charge is -2.61. The van der Waals surface area contributed by atoms with Gasteiger partial charge in [-0.05, 0) is 63.1 Å². The molecule has 11 heteroatoms. The molecule has 1 aromatic heterocycles. The van der Waals surface area contributed by atoms with Crippen molar-refractivity contribution in [2.45, 2.75) is 76.9 Å². The Bertz CT molecular complexity index is 1240. The summed E-state index contributed by atoms with van der Waals surface area (Å²) in [5.41, 5.74) is 0.713. The number of carbonyl (C=O) groups excluding carboxylic acids is 1. The van der Waals surface area contributed by atoms with Gasteiger partial charge >= 0.3 is 12.3 Å². The Kier molecular flexibility index (Phi) is 6.70. The summed E-state index contributed by atoms with van der Waals surface area (Å²) in [6.45, 7) is 10.1. The van der Waals surface area contributed by atoms with Crippen LogP contribution in [0.25, 0.3) is 0 Å². The Morgan fingerprint density at radius 2 is 1.77 bits per heavy atom. The standard InChI is InChI=1S/C28H37F3N4O4/c1-14-17-13-34(26(36)39-27(3,4)5)15(2)24(14)25(17)19-12-23-32-18(11-22(28(29,30)31)35(23)33-19)16-8-9-20(37-6)21(10-16)38-7/h8-10,12,14-15,17-18,22,24-25,32H,11,13H2,1-7H3/t14-,15?,17?,18?,22?,24+,25?/m0/s1. The van der Waals surface area contributed by atoms with E-state index in [1.807, 2.05) is 27.7 Å². The first-order valence-corrected chi connectivity index (χ1v) is 13.4. The highest BCUT2D eigenvalue weighted by atomic mass is 19.4. The average Bonchev–Trinajstić information content (AvgIpc) is 3.27. The van der Waals surface area contributed by atoms with Crippen molar-refractivity contribution in [1.82, 2.24) is 14.7 Å². The van der Waals surface area contributed by atoms with Crippen molar-refractivity contribution in [2.24, 2.45) is 17.8 Å². The Morgan fingerprint density at radius 1 is 1.08 bits per heavy atom. The van der Waals surface area contributed by atoms with Crippen LogP contribution in [0.15, 0.2) is 24.3 Å². The number of nitrogens with zero attached hydrogens (tertiary/aromatic N) is 3. The van der Waals surface area contributed by atoms with Crippen LogP contribution in [0.2, 0.25) is 0 Å². The van der Waals surface area contributed by atoms with Crippen molar-refractivity contribution in [2.75, 3.05) is 26.1 Å². The zero-order chi connectivity index (χ0) is 28.4. The van der Waals surface area contributed by atoms with E-state index in [-0.39, 0.29) is 36.3 Å². The van der Waals surface area contributed by atoms with Gasteiger partial charge in [0.25, 0.3) is 0 Å². The number of methoxy groups -OCH3 is 2. The fraction of sp³-hybridized carbons (Fsp3) is 0.643. The Morgan fingerprint density at radius 3 is 2.36 bits per heavy atom. The second-order valence-corrected chi connectivity index (χ2v) is 12.0. The molecule has 1 N–H and O–H groups in total. The summed E-state index contributed by atoms with van der Waals surface area (Å²) in [6, 6.07) is 4.45. The molecule has 39 heavy (non-hydrogen) atoms. The first-order chi connectivity index (χ1) is 18.2. The second-order valence-electron chi connectivity index (χ2n) is 12.0. The van der Waals surface area contributed by atoms with Gasteiger partial charge in [0.15, 0.2) is 17.5 Å². The lowest BCUT2D eigenvalue weighted by atomic mass is 9.51. The molecule has 1 saturated heterocycles. The summed E-state index contributed by atoms with van der Waals surface area (Å²) < 4.78 is 60.3. The van der Waals surface area contributed by atoms with Gasteiger partial charge < -0.3 is 24.4 Å². The molecule has 2 aromatic rings. The van der Waals surface area contributed by atoms with Gasteiger partial charge in [-0.25, -0.2) is 9.48 Å². The molecule has 1 amide bonds. The first kappa shape index (κ1) is 27.5. The summed E-state index contributed by atoms with van der Waals surface area (Å²) in [7, 11) is 3.01. The lowest BCUT2D eigenvalue weighted by molar-refractivity contribution is -0.174. The van der Waals surface area contributed by atoms with Gasteiger partial charge in [-0.3, -0.25) is 0 Å². The number of anilines is 1. The third-order valence-corrected chi connectivity index (χ3v) is 8.60.